The van der Waals surface area contributed by atoms with Crippen molar-refractivity contribution in [3.63, 3.8) is 0 Å². The molecule has 10 heavy (non-hydrogen) atoms. The van der Waals surface area contributed by atoms with E-state index in [0.717, 1.165) is 0 Å². The third-order valence-electron chi connectivity index (χ3n) is 0.798. The molecule has 4 heteroatoms. The molecule has 0 radical (unpaired) electrons. The maximum atomic E-state index is 10.6. The maximum Gasteiger partial charge on any atom is 0.310 e. The number of ether oxygens (including phenoxy) is 1. The van der Waals surface area contributed by atoms with Crippen LogP contribution in [0.4, 0.5) is 0 Å². The lowest BCUT2D eigenvalue weighted by atomic mass is 9.98. The highest BCUT2D eigenvalue weighted by molar-refractivity contribution is 5.85. The lowest BCUT2D eigenvalue weighted by molar-refractivity contribution is -0.149. The van der Waals surface area contributed by atoms with Crippen LogP contribution >= 0.6 is 24.8 Å². The van der Waals surface area contributed by atoms with Crippen molar-refractivity contribution < 1.29 is 9.53 Å². The molecule has 0 spiro atoms. The minimum Gasteiger partial charge on any atom is -0.469 e. The van der Waals surface area contributed by atoms with Gasteiger partial charge in [-0.1, -0.05) is 0 Å². The molecule has 0 heterocycles. The Hall–Kier alpha value is 0.0500. The van der Waals surface area contributed by atoms with Gasteiger partial charge < -0.3 is 4.74 Å². The van der Waals surface area contributed by atoms with Crippen molar-refractivity contribution in [2.45, 2.75) is 20.8 Å². The number of methoxy groups -OCH3 is 1. The molecule has 0 saturated heterocycles. The second kappa shape index (κ2) is 5.81. The van der Waals surface area contributed by atoms with E-state index in [1.54, 1.807) is 0 Å². The molecule has 2 nitrogen and oxygen atoms in total. The molecule has 0 fully saturated rings. The van der Waals surface area contributed by atoms with Crippen LogP contribution in [0.5, 0.6) is 0 Å². The van der Waals surface area contributed by atoms with E-state index >= 15 is 0 Å². The Morgan fingerprint density at radius 3 is 1.50 bits per heavy atom. The van der Waals surface area contributed by atoms with Gasteiger partial charge in [0.2, 0.25) is 0 Å². The van der Waals surface area contributed by atoms with Crippen LogP contribution in [0, 0.1) is 5.41 Å². The zero-order chi connectivity index (χ0) is 6.78. The molecule has 0 N–H and O–H groups in total. The number of hydrogen-bond donors (Lipinski definition) is 0. The van der Waals surface area contributed by atoms with Crippen molar-refractivity contribution in [1.29, 1.82) is 0 Å². The molecule has 64 valence electrons. The van der Waals surface area contributed by atoms with E-state index < -0.39 is 0 Å². The van der Waals surface area contributed by atoms with Gasteiger partial charge in [0.1, 0.15) is 0 Å². The Bertz CT molecular complexity index is 96.4. The molecule has 0 aromatic heterocycles. The first-order chi connectivity index (χ1) is 3.48. The fraction of sp³-hybridized carbons (Fsp3) is 0.833. The summed E-state index contributed by atoms with van der Waals surface area (Å²) in [6.45, 7) is 5.45. The number of carbonyl (C=O) groups is 1. The first kappa shape index (κ1) is 16.6. The summed E-state index contributed by atoms with van der Waals surface area (Å²) < 4.78 is 4.48. The summed E-state index contributed by atoms with van der Waals surface area (Å²) in [6.07, 6.45) is 0. The molecule has 0 saturated carbocycles. The zero-order valence-corrected chi connectivity index (χ0v) is 8.27. The van der Waals surface area contributed by atoms with Gasteiger partial charge in [0.25, 0.3) is 0 Å². The van der Waals surface area contributed by atoms with Gasteiger partial charge in [0.15, 0.2) is 0 Å². The second-order valence-corrected chi connectivity index (χ2v) is 2.74. The molecule has 0 aliphatic rings. The third-order valence-corrected chi connectivity index (χ3v) is 0.798. The van der Waals surface area contributed by atoms with E-state index in [1.165, 1.54) is 7.11 Å². The van der Waals surface area contributed by atoms with E-state index in [0.29, 0.717) is 0 Å². The lowest BCUT2D eigenvalue weighted by Gasteiger charge is -2.13. The second-order valence-electron chi connectivity index (χ2n) is 2.74. The van der Waals surface area contributed by atoms with Crippen LogP contribution in [0.15, 0.2) is 0 Å². The average Bonchev–Trinajstić information content (AvgIpc) is 1.62. The Balaban J connectivity index is -0.000000245. The van der Waals surface area contributed by atoms with E-state index in [9.17, 15) is 4.79 Å². The Morgan fingerprint density at radius 1 is 1.20 bits per heavy atom. The number of carbonyl (C=O) groups excluding carboxylic acids is 1. The summed E-state index contributed by atoms with van der Waals surface area (Å²) in [4.78, 5) is 10.6. The predicted octanol–water partition coefficient (Wildman–Crippen LogP) is 2.05. The van der Waals surface area contributed by atoms with Crippen LogP contribution in [0.3, 0.4) is 0 Å². The summed E-state index contributed by atoms with van der Waals surface area (Å²) in [5, 5.41) is 0. The van der Waals surface area contributed by atoms with Crippen LogP contribution in [0.2, 0.25) is 0 Å². The van der Waals surface area contributed by atoms with Gasteiger partial charge in [-0.2, -0.15) is 0 Å². The van der Waals surface area contributed by atoms with Gasteiger partial charge in [0.05, 0.1) is 12.5 Å². The number of halogens is 2. The van der Waals surface area contributed by atoms with Gasteiger partial charge >= 0.3 is 5.97 Å². The molecule has 0 aliphatic carbocycles. The molecule has 0 aromatic rings. The first-order valence-electron chi connectivity index (χ1n) is 2.57. The largest absolute Gasteiger partial charge is 0.469 e. The minimum absolute atomic E-state index is 0. The smallest absolute Gasteiger partial charge is 0.310 e. The first-order valence-corrected chi connectivity index (χ1v) is 2.57. The maximum absolute atomic E-state index is 10.6. The molecular formula is C6H14Cl2O2. The minimum atomic E-state index is -0.352. The van der Waals surface area contributed by atoms with E-state index in [2.05, 4.69) is 4.74 Å². The normalized spacial score (nSPS) is 8.80. The number of esters is 1. The van der Waals surface area contributed by atoms with Crippen LogP contribution in [-0.4, -0.2) is 13.1 Å². The number of rotatable bonds is 0. The molecule has 0 aromatic carbocycles. The highest BCUT2D eigenvalue weighted by Gasteiger charge is 2.21. The molecule has 0 unspecified atom stereocenters. The van der Waals surface area contributed by atoms with Crippen molar-refractivity contribution in [3.8, 4) is 0 Å². The van der Waals surface area contributed by atoms with E-state index in [4.69, 9.17) is 0 Å². The van der Waals surface area contributed by atoms with Gasteiger partial charge in [-0.25, -0.2) is 0 Å². The average molecular weight is 189 g/mol. The fourth-order valence-corrected chi connectivity index (χ4v) is 0.306. The Morgan fingerprint density at radius 2 is 1.50 bits per heavy atom. The van der Waals surface area contributed by atoms with Gasteiger partial charge in [-0.05, 0) is 20.8 Å². The van der Waals surface area contributed by atoms with E-state index in [-0.39, 0.29) is 36.2 Å². The zero-order valence-electron chi connectivity index (χ0n) is 6.63. The summed E-state index contributed by atoms with van der Waals surface area (Å²) >= 11 is 0. The molecule has 0 bridgehead atoms. The topological polar surface area (TPSA) is 26.3 Å². The van der Waals surface area contributed by atoms with Crippen molar-refractivity contribution in [3.05, 3.63) is 0 Å². The Kier molecular flexibility index (Phi) is 9.62. The van der Waals surface area contributed by atoms with Crippen molar-refractivity contribution in [2.75, 3.05) is 7.11 Å². The SMILES string of the molecule is COC(=O)C(C)(C)C.Cl.Cl. The predicted molar refractivity (Wildman–Crippen MR) is 46.0 cm³/mol. The van der Waals surface area contributed by atoms with Crippen LogP contribution < -0.4 is 0 Å². The van der Waals surface area contributed by atoms with Gasteiger partial charge in [-0.3, -0.25) is 4.79 Å². The third kappa shape index (κ3) is 6.17. The molecule has 0 rings (SSSR count). The Labute approximate surface area is 74.1 Å². The van der Waals surface area contributed by atoms with Crippen molar-refractivity contribution >= 4 is 30.8 Å². The fourth-order valence-electron chi connectivity index (χ4n) is 0.306. The summed E-state index contributed by atoms with van der Waals surface area (Å²) in [5.74, 6) is -0.169. The van der Waals surface area contributed by atoms with E-state index in [1.807, 2.05) is 20.8 Å². The van der Waals surface area contributed by atoms with Crippen LogP contribution in [0.25, 0.3) is 0 Å². The lowest BCUT2D eigenvalue weighted by Crippen LogP contribution is -2.21. The monoisotopic (exact) mass is 188 g/mol. The van der Waals surface area contributed by atoms with Crippen LogP contribution in [0.1, 0.15) is 20.8 Å². The molecular weight excluding hydrogens is 175 g/mol. The van der Waals surface area contributed by atoms with Gasteiger partial charge in [-0.15, -0.1) is 24.8 Å². The van der Waals surface area contributed by atoms with Gasteiger partial charge in [0, 0.05) is 0 Å². The molecule has 0 atom stereocenters. The molecule has 0 amide bonds. The van der Waals surface area contributed by atoms with Crippen LogP contribution in [-0.2, 0) is 9.53 Å². The summed E-state index contributed by atoms with van der Waals surface area (Å²) in [7, 11) is 1.40. The molecule has 0 aliphatic heterocycles. The van der Waals surface area contributed by atoms with Crippen molar-refractivity contribution in [2.24, 2.45) is 5.41 Å². The number of hydrogen-bond acceptors (Lipinski definition) is 2. The van der Waals surface area contributed by atoms with Crippen molar-refractivity contribution in [1.82, 2.24) is 0 Å². The highest BCUT2D eigenvalue weighted by Crippen LogP contribution is 2.13. The summed E-state index contributed by atoms with van der Waals surface area (Å²) in [6, 6.07) is 0. The summed E-state index contributed by atoms with van der Waals surface area (Å²) in [5.41, 5.74) is -0.352. The standard InChI is InChI=1S/C6H12O2.2ClH/c1-6(2,3)5(7)8-4;;/h1-4H3;2*1H. The quantitative estimate of drug-likeness (QED) is 0.545. The highest BCUT2D eigenvalue weighted by atomic mass is 35.5.